The Kier molecular flexibility index (Phi) is 4.67. The standard InChI is InChI=1S/C18H14N2O4S/c1-2-12-6-8-14(9-7-12)19-17(21)16(25-18(19)22)11-13-4-3-5-15(10-13)20(23)24/h3-11H,2H2,1H3/b16-11-. The first-order valence-electron chi connectivity index (χ1n) is 7.61. The topological polar surface area (TPSA) is 80.5 Å². The molecule has 1 heterocycles. The normalized spacial score (nSPS) is 15.9. The maximum atomic E-state index is 12.6. The molecule has 3 rings (SSSR count). The van der Waals surface area contributed by atoms with E-state index in [0.29, 0.717) is 11.3 Å². The monoisotopic (exact) mass is 354 g/mol. The van der Waals surface area contributed by atoms with Crippen LogP contribution in [-0.4, -0.2) is 16.1 Å². The summed E-state index contributed by atoms with van der Waals surface area (Å²) in [6.45, 7) is 2.02. The van der Waals surface area contributed by atoms with E-state index in [0.717, 1.165) is 28.6 Å². The van der Waals surface area contributed by atoms with Crippen LogP contribution in [0.2, 0.25) is 0 Å². The number of nitrogens with zero attached hydrogens (tertiary/aromatic N) is 2. The molecule has 1 saturated heterocycles. The molecule has 1 fully saturated rings. The lowest BCUT2D eigenvalue weighted by molar-refractivity contribution is -0.384. The first-order valence-corrected chi connectivity index (χ1v) is 8.42. The van der Waals surface area contributed by atoms with Crippen LogP contribution in [0.25, 0.3) is 6.08 Å². The molecule has 0 aromatic heterocycles. The van der Waals surface area contributed by atoms with Gasteiger partial charge in [-0.15, -0.1) is 0 Å². The fourth-order valence-corrected chi connectivity index (χ4v) is 3.29. The molecule has 0 radical (unpaired) electrons. The SMILES string of the molecule is CCc1ccc(N2C(=O)S/C(=C\c3cccc([N+](=O)[O-])c3)C2=O)cc1. The summed E-state index contributed by atoms with van der Waals surface area (Å²) in [7, 11) is 0. The summed E-state index contributed by atoms with van der Waals surface area (Å²) < 4.78 is 0. The first-order chi connectivity index (χ1) is 12.0. The second-order valence-electron chi connectivity index (χ2n) is 5.39. The molecule has 1 aliphatic rings. The third-order valence-corrected chi connectivity index (χ3v) is 4.64. The molecule has 2 aromatic carbocycles. The Hall–Kier alpha value is -2.93. The third-order valence-electron chi connectivity index (χ3n) is 3.78. The van der Waals surface area contributed by atoms with Crippen LogP contribution in [-0.2, 0) is 11.2 Å². The largest absolute Gasteiger partial charge is 0.298 e. The minimum Gasteiger partial charge on any atom is -0.268 e. The van der Waals surface area contributed by atoms with Crippen LogP contribution in [0.15, 0.2) is 53.4 Å². The van der Waals surface area contributed by atoms with Crippen molar-refractivity contribution in [3.05, 3.63) is 74.7 Å². The summed E-state index contributed by atoms with van der Waals surface area (Å²) in [6, 6.07) is 13.2. The van der Waals surface area contributed by atoms with Crippen molar-refractivity contribution in [2.45, 2.75) is 13.3 Å². The van der Waals surface area contributed by atoms with E-state index >= 15 is 0 Å². The van der Waals surface area contributed by atoms with E-state index in [4.69, 9.17) is 0 Å². The molecule has 2 amide bonds. The highest BCUT2D eigenvalue weighted by atomic mass is 32.2. The predicted molar refractivity (Wildman–Crippen MR) is 97.4 cm³/mol. The van der Waals surface area contributed by atoms with E-state index in [-0.39, 0.29) is 15.8 Å². The van der Waals surface area contributed by atoms with Gasteiger partial charge in [-0.2, -0.15) is 0 Å². The Morgan fingerprint density at radius 3 is 2.52 bits per heavy atom. The van der Waals surface area contributed by atoms with Crippen LogP contribution in [0.4, 0.5) is 16.2 Å². The lowest BCUT2D eigenvalue weighted by atomic mass is 10.1. The molecule has 7 heteroatoms. The third kappa shape index (κ3) is 3.46. The first kappa shape index (κ1) is 16.9. The Balaban J connectivity index is 1.90. The minimum atomic E-state index is -0.502. The number of imide groups is 1. The van der Waals surface area contributed by atoms with Gasteiger partial charge in [0, 0.05) is 12.1 Å². The van der Waals surface area contributed by atoms with Crippen molar-refractivity contribution in [1.29, 1.82) is 0 Å². The van der Waals surface area contributed by atoms with E-state index in [2.05, 4.69) is 0 Å². The number of nitro benzene ring substituents is 1. The van der Waals surface area contributed by atoms with Gasteiger partial charge in [0.05, 0.1) is 15.5 Å². The number of anilines is 1. The average molecular weight is 354 g/mol. The Morgan fingerprint density at radius 1 is 1.16 bits per heavy atom. The number of nitro groups is 1. The molecule has 0 bridgehead atoms. The Bertz CT molecular complexity index is 890. The van der Waals surface area contributed by atoms with Crippen molar-refractivity contribution in [3.63, 3.8) is 0 Å². The van der Waals surface area contributed by atoms with Crippen molar-refractivity contribution in [2.24, 2.45) is 0 Å². The number of non-ortho nitro benzene ring substituents is 1. The van der Waals surface area contributed by atoms with Crippen LogP contribution in [0.1, 0.15) is 18.1 Å². The Morgan fingerprint density at radius 2 is 1.88 bits per heavy atom. The molecule has 6 nitrogen and oxygen atoms in total. The summed E-state index contributed by atoms with van der Waals surface area (Å²) in [5.41, 5.74) is 2.06. The van der Waals surface area contributed by atoms with Crippen molar-refractivity contribution < 1.29 is 14.5 Å². The van der Waals surface area contributed by atoms with Gasteiger partial charge in [0.25, 0.3) is 16.8 Å². The molecule has 0 unspecified atom stereocenters. The van der Waals surface area contributed by atoms with Gasteiger partial charge in [-0.1, -0.05) is 31.2 Å². The van der Waals surface area contributed by atoms with E-state index in [1.165, 1.54) is 24.3 Å². The van der Waals surface area contributed by atoms with Gasteiger partial charge < -0.3 is 0 Å². The molecule has 0 spiro atoms. The van der Waals surface area contributed by atoms with Crippen LogP contribution in [0.3, 0.4) is 0 Å². The summed E-state index contributed by atoms with van der Waals surface area (Å²) in [6.07, 6.45) is 2.37. The van der Waals surface area contributed by atoms with Crippen LogP contribution in [0.5, 0.6) is 0 Å². The zero-order valence-electron chi connectivity index (χ0n) is 13.3. The summed E-state index contributed by atoms with van der Waals surface area (Å²) in [4.78, 5) is 36.5. The highest BCUT2D eigenvalue weighted by molar-refractivity contribution is 8.19. The molecule has 126 valence electrons. The van der Waals surface area contributed by atoms with E-state index in [1.54, 1.807) is 18.2 Å². The second-order valence-corrected chi connectivity index (χ2v) is 6.38. The lowest BCUT2D eigenvalue weighted by Gasteiger charge is -2.12. The number of thioether (sulfide) groups is 1. The van der Waals surface area contributed by atoms with E-state index < -0.39 is 10.8 Å². The summed E-state index contributed by atoms with van der Waals surface area (Å²) in [5, 5.41) is 10.5. The molecule has 0 aliphatic carbocycles. The van der Waals surface area contributed by atoms with Crippen molar-refractivity contribution in [1.82, 2.24) is 0 Å². The number of rotatable bonds is 4. The highest BCUT2D eigenvalue weighted by Gasteiger charge is 2.36. The van der Waals surface area contributed by atoms with Gasteiger partial charge in [0.2, 0.25) is 0 Å². The van der Waals surface area contributed by atoms with E-state index in [9.17, 15) is 19.7 Å². The van der Waals surface area contributed by atoms with Gasteiger partial charge in [-0.3, -0.25) is 19.7 Å². The molecular weight excluding hydrogens is 340 g/mol. The zero-order chi connectivity index (χ0) is 18.0. The second kappa shape index (κ2) is 6.90. The zero-order valence-corrected chi connectivity index (χ0v) is 14.2. The van der Waals surface area contributed by atoms with Gasteiger partial charge in [0.1, 0.15) is 0 Å². The highest BCUT2D eigenvalue weighted by Crippen LogP contribution is 2.36. The van der Waals surface area contributed by atoms with Gasteiger partial charge in [0.15, 0.2) is 0 Å². The molecule has 1 aliphatic heterocycles. The Labute approximate surface area is 148 Å². The van der Waals surface area contributed by atoms with Gasteiger partial charge in [-0.05, 0) is 47.5 Å². The minimum absolute atomic E-state index is 0.0665. The number of aryl methyl sites for hydroxylation is 1. The number of carbonyl (C=O) groups is 2. The quantitative estimate of drug-likeness (QED) is 0.462. The summed E-state index contributed by atoms with van der Waals surface area (Å²) in [5.74, 6) is -0.425. The smallest absolute Gasteiger partial charge is 0.268 e. The van der Waals surface area contributed by atoms with Crippen LogP contribution < -0.4 is 4.90 Å². The van der Waals surface area contributed by atoms with Gasteiger partial charge >= 0.3 is 0 Å². The fraction of sp³-hybridized carbons (Fsp3) is 0.111. The number of amides is 2. The van der Waals surface area contributed by atoms with Crippen LogP contribution >= 0.6 is 11.8 Å². The number of benzene rings is 2. The van der Waals surface area contributed by atoms with Crippen molar-refractivity contribution >= 4 is 40.4 Å². The molecule has 25 heavy (non-hydrogen) atoms. The van der Waals surface area contributed by atoms with Crippen molar-refractivity contribution in [2.75, 3.05) is 4.90 Å². The predicted octanol–water partition coefficient (Wildman–Crippen LogP) is 4.40. The lowest BCUT2D eigenvalue weighted by Crippen LogP contribution is -2.27. The number of hydrogen-bond donors (Lipinski definition) is 0. The molecule has 0 atom stereocenters. The molecule has 0 N–H and O–H groups in total. The number of carbonyl (C=O) groups excluding carboxylic acids is 2. The fourth-order valence-electron chi connectivity index (χ4n) is 2.45. The maximum absolute atomic E-state index is 12.6. The van der Waals surface area contributed by atoms with Crippen LogP contribution in [0, 0.1) is 10.1 Å². The van der Waals surface area contributed by atoms with E-state index in [1.807, 2.05) is 19.1 Å². The van der Waals surface area contributed by atoms with Crippen molar-refractivity contribution in [3.8, 4) is 0 Å². The summed E-state index contributed by atoms with van der Waals surface area (Å²) >= 11 is 0.824. The maximum Gasteiger partial charge on any atom is 0.298 e. The molecular formula is C18H14N2O4S. The number of hydrogen-bond acceptors (Lipinski definition) is 5. The molecule has 0 saturated carbocycles. The van der Waals surface area contributed by atoms with Gasteiger partial charge in [-0.25, -0.2) is 4.90 Å². The molecule has 2 aromatic rings. The average Bonchev–Trinajstić information content (AvgIpc) is 2.89.